The molecular formula is C28H33N3O3S. The number of fused-ring (bicyclic) bond motifs is 1. The second kappa shape index (κ2) is 10.6. The number of benzene rings is 2. The zero-order valence-electron chi connectivity index (χ0n) is 21.0. The Morgan fingerprint density at radius 2 is 1.89 bits per heavy atom. The van der Waals surface area contributed by atoms with Crippen molar-refractivity contribution < 1.29 is 14.3 Å². The summed E-state index contributed by atoms with van der Waals surface area (Å²) in [5, 5.41) is 2.53. The predicted molar refractivity (Wildman–Crippen MR) is 139 cm³/mol. The minimum absolute atomic E-state index is 0.0706. The molecule has 184 valence electrons. The van der Waals surface area contributed by atoms with Gasteiger partial charge in [-0.2, -0.15) is 0 Å². The van der Waals surface area contributed by atoms with Gasteiger partial charge in [0.2, 0.25) is 5.91 Å². The molecule has 0 spiro atoms. The molecule has 0 aliphatic carbocycles. The van der Waals surface area contributed by atoms with Gasteiger partial charge in [0.1, 0.15) is 23.1 Å². The molecular weight excluding hydrogens is 458 g/mol. The molecule has 35 heavy (non-hydrogen) atoms. The van der Waals surface area contributed by atoms with Crippen molar-refractivity contribution in [1.29, 1.82) is 0 Å². The van der Waals surface area contributed by atoms with Gasteiger partial charge < -0.3 is 14.5 Å². The number of nitrogens with zero attached hydrogens (tertiary/aromatic N) is 3. The van der Waals surface area contributed by atoms with Crippen LogP contribution >= 0.6 is 11.3 Å². The van der Waals surface area contributed by atoms with Crippen molar-refractivity contribution in [1.82, 2.24) is 14.8 Å². The van der Waals surface area contributed by atoms with Gasteiger partial charge in [0.25, 0.3) is 5.91 Å². The Kier molecular flexibility index (Phi) is 7.55. The predicted octanol–water partition coefficient (Wildman–Crippen LogP) is 5.33. The highest BCUT2D eigenvalue weighted by molar-refractivity contribution is 7.09. The van der Waals surface area contributed by atoms with Gasteiger partial charge in [-0.1, -0.05) is 50.2 Å². The Hall–Kier alpha value is -3.19. The molecule has 4 rings (SSSR count). The molecule has 0 saturated carbocycles. The van der Waals surface area contributed by atoms with E-state index in [2.05, 4.69) is 29.2 Å². The van der Waals surface area contributed by atoms with Gasteiger partial charge >= 0.3 is 0 Å². The van der Waals surface area contributed by atoms with Crippen molar-refractivity contribution in [2.45, 2.75) is 52.8 Å². The van der Waals surface area contributed by atoms with Gasteiger partial charge in [-0.25, -0.2) is 4.98 Å². The number of carbonyl (C=O) groups is 2. The smallest absolute Gasteiger partial charge is 0.273 e. The first-order valence-electron chi connectivity index (χ1n) is 12.1. The molecule has 1 aliphatic rings. The fourth-order valence-electron chi connectivity index (χ4n) is 4.28. The maximum Gasteiger partial charge on any atom is 0.273 e. The molecule has 2 amide bonds. The summed E-state index contributed by atoms with van der Waals surface area (Å²) in [6, 6.07) is 16.3. The largest absolute Gasteiger partial charge is 0.486 e. The lowest BCUT2D eigenvalue weighted by atomic mass is 9.87. The van der Waals surface area contributed by atoms with Crippen LogP contribution in [0.25, 0.3) is 0 Å². The lowest BCUT2D eigenvalue weighted by Gasteiger charge is -2.39. The van der Waals surface area contributed by atoms with Crippen molar-refractivity contribution in [3.8, 4) is 5.75 Å². The zero-order chi connectivity index (χ0) is 25.1. The van der Waals surface area contributed by atoms with Crippen LogP contribution in [0.4, 0.5) is 0 Å². The number of ether oxygens (including phenoxy) is 1. The van der Waals surface area contributed by atoms with E-state index in [1.165, 1.54) is 16.9 Å². The Morgan fingerprint density at radius 3 is 2.57 bits per heavy atom. The lowest BCUT2D eigenvalue weighted by molar-refractivity contribution is -0.136. The van der Waals surface area contributed by atoms with Crippen LogP contribution in [0.5, 0.6) is 5.75 Å². The number of hydrogen-bond acceptors (Lipinski definition) is 5. The first-order chi connectivity index (χ1) is 16.8. The van der Waals surface area contributed by atoms with E-state index >= 15 is 0 Å². The number of hydrogen-bond donors (Lipinski definition) is 0. The fourth-order valence-corrected chi connectivity index (χ4v) is 4.96. The van der Waals surface area contributed by atoms with Gasteiger partial charge in [0.05, 0.1) is 6.04 Å². The lowest BCUT2D eigenvalue weighted by Crippen LogP contribution is -2.42. The summed E-state index contributed by atoms with van der Waals surface area (Å²) in [5.41, 5.74) is 3.87. The molecule has 1 unspecified atom stereocenters. The Labute approximate surface area is 211 Å². The minimum Gasteiger partial charge on any atom is -0.486 e. The standard InChI is InChI=1S/C28H33N3O3S/c1-18(2)27(32)31-14-13-20-11-12-22(15-23(20)26(31)21-9-7-6-8-10-21)34-16-25-29-24(17-35-25)28(33)30(5)19(3)4/h6-12,15,17-19,26H,13-14,16H2,1-5H3. The Morgan fingerprint density at radius 1 is 1.14 bits per heavy atom. The number of aromatic nitrogens is 1. The highest BCUT2D eigenvalue weighted by Gasteiger charge is 2.33. The van der Waals surface area contributed by atoms with Crippen LogP contribution in [0.2, 0.25) is 0 Å². The summed E-state index contributed by atoms with van der Waals surface area (Å²) in [7, 11) is 1.78. The van der Waals surface area contributed by atoms with Crippen LogP contribution in [-0.4, -0.2) is 46.2 Å². The van der Waals surface area contributed by atoms with Crippen LogP contribution < -0.4 is 4.74 Å². The van der Waals surface area contributed by atoms with Gasteiger partial charge in [-0.3, -0.25) is 9.59 Å². The molecule has 7 heteroatoms. The molecule has 1 aromatic heterocycles. The van der Waals surface area contributed by atoms with E-state index in [1.807, 2.05) is 56.9 Å². The maximum absolute atomic E-state index is 13.1. The van der Waals surface area contributed by atoms with E-state index in [-0.39, 0.29) is 36.4 Å². The van der Waals surface area contributed by atoms with E-state index in [9.17, 15) is 9.59 Å². The third-order valence-corrected chi connectivity index (χ3v) is 7.29. The topological polar surface area (TPSA) is 62.7 Å². The second-order valence-electron chi connectivity index (χ2n) is 9.54. The monoisotopic (exact) mass is 491 g/mol. The quantitative estimate of drug-likeness (QED) is 0.448. The van der Waals surface area contributed by atoms with Crippen LogP contribution in [-0.2, 0) is 17.8 Å². The van der Waals surface area contributed by atoms with Gasteiger partial charge in [0, 0.05) is 30.9 Å². The first kappa shape index (κ1) is 24.9. The summed E-state index contributed by atoms with van der Waals surface area (Å²) in [5.74, 6) is 0.726. The summed E-state index contributed by atoms with van der Waals surface area (Å²) in [6.07, 6.45) is 0.818. The second-order valence-corrected chi connectivity index (χ2v) is 10.5. The van der Waals surface area contributed by atoms with E-state index < -0.39 is 0 Å². The van der Waals surface area contributed by atoms with Crippen LogP contribution in [0.3, 0.4) is 0 Å². The van der Waals surface area contributed by atoms with Crippen LogP contribution in [0, 0.1) is 5.92 Å². The number of thiazole rings is 1. The average molecular weight is 492 g/mol. The molecule has 2 aromatic carbocycles. The average Bonchev–Trinajstić information content (AvgIpc) is 3.34. The normalized spacial score (nSPS) is 15.3. The third-order valence-electron chi connectivity index (χ3n) is 6.47. The zero-order valence-corrected chi connectivity index (χ0v) is 21.8. The SMILES string of the molecule is CC(C)C(=O)N1CCc2ccc(OCc3nc(C(=O)N(C)C(C)C)cs3)cc2C1c1ccccc1. The van der Waals surface area contributed by atoms with E-state index in [1.54, 1.807) is 17.3 Å². The molecule has 0 N–H and O–H groups in total. The molecule has 6 nitrogen and oxygen atoms in total. The molecule has 0 bridgehead atoms. The summed E-state index contributed by atoms with van der Waals surface area (Å²) in [6.45, 7) is 8.83. The molecule has 0 fully saturated rings. The number of amides is 2. The maximum atomic E-state index is 13.1. The Balaban J connectivity index is 1.57. The number of carbonyl (C=O) groups excluding carboxylic acids is 2. The van der Waals surface area contributed by atoms with Crippen molar-refractivity contribution in [2.75, 3.05) is 13.6 Å². The molecule has 3 aromatic rings. The molecule has 0 radical (unpaired) electrons. The highest BCUT2D eigenvalue weighted by Crippen LogP contribution is 2.38. The van der Waals surface area contributed by atoms with Crippen LogP contribution in [0.15, 0.2) is 53.9 Å². The molecule has 1 atom stereocenters. The van der Waals surface area contributed by atoms with Crippen molar-refractivity contribution in [3.05, 3.63) is 81.3 Å². The fraction of sp³-hybridized carbons (Fsp3) is 0.393. The highest BCUT2D eigenvalue weighted by atomic mass is 32.1. The summed E-state index contributed by atoms with van der Waals surface area (Å²) >= 11 is 1.42. The van der Waals surface area contributed by atoms with Crippen LogP contribution in [0.1, 0.15) is 65.9 Å². The van der Waals surface area contributed by atoms with E-state index in [4.69, 9.17) is 4.74 Å². The summed E-state index contributed by atoms with van der Waals surface area (Å²) in [4.78, 5) is 33.8. The molecule has 2 heterocycles. The van der Waals surface area contributed by atoms with Crippen molar-refractivity contribution in [2.24, 2.45) is 5.92 Å². The minimum atomic E-state index is -0.144. The van der Waals surface area contributed by atoms with Crippen molar-refractivity contribution in [3.63, 3.8) is 0 Å². The molecule has 0 saturated heterocycles. The molecule has 1 aliphatic heterocycles. The summed E-state index contributed by atoms with van der Waals surface area (Å²) < 4.78 is 6.11. The van der Waals surface area contributed by atoms with E-state index in [0.717, 1.165) is 28.3 Å². The van der Waals surface area contributed by atoms with Gasteiger partial charge in [-0.05, 0) is 49.1 Å². The van der Waals surface area contributed by atoms with Crippen molar-refractivity contribution >= 4 is 23.2 Å². The van der Waals surface area contributed by atoms with E-state index in [0.29, 0.717) is 12.2 Å². The first-order valence-corrected chi connectivity index (χ1v) is 13.0. The Bertz CT molecular complexity index is 1190. The third kappa shape index (κ3) is 5.40. The van der Waals surface area contributed by atoms with Gasteiger partial charge in [-0.15, -0.1) is 11.3 Å². The van der Waals surface area contributed by atoms with Gasteiger partial charge in [0.15, 0.2) is 0 Å². The number of rotatable bonds is 7.